The lowest BCUT2D eigenvalue weighted by Crippen LogP contribution is -2.41. The van der Waals surface area contributed by atoms with Crippen molar-refractivity contribution in [3.8, 4) is 0 Å². The van der Waals surface area contributed by atoms with Crippen LogP contribution >= 0.6 is 15.5 Å². The SMILES string of the molecule is Nc1nc2c(ncn2[C@@H]2O[C@H](C(=O)C(P(=O)(O)O)[P+](O)(O)O)C(O)C2O)c(=O)[nH]1. The van der Waals surface area contributed by atoms with Crippen molar-refractivity contribution in [1.82, 2.24) is 19.5 Å². The number of rotatable bonds is 5. The van der Waals surface area contributed by atoms with Gasteiger partial charge in [0.05, 0.1) is 6.33 Å². The molecule has 2 aromatic rings. The molecule has 18 heteroatoms. The number of hydrogen-bond donors (Lipinski definition) is 9. The van der Waals surface area contributed by atoms with Gasteiger partial charge in [0.1, 0.15) is 12.2 Å². The second kappa shape index (κ2) is 7.14. The molecule has 10 N–H and O–H groups in total. The zero-order chi connectivity index (χ0) is 21.9. The van der Waals surface area contributed by atoms with E-state index in [9.17, 15) is 48.8 Å². The molecule has 29 heavy (non-hydrogen) atoms. The number of ketones is 1. The quantitative estimate of drug-likeness (QED) is 0.195. The van der Waals surface area contributed by atoms with Crippen molar-refractivity contribution in [2.24, 2.45) is 0 Å². The number of ether oxygens (including phenoxy) is 1. The molecule has 1 aliphatic heterocycles. The van der Waals surface area contributed by atoms with Gasteiger partial charge in [-0.1, -0.05) is 0 Å². The summed E-state index contributed by atoms with van der Waals surface area (Å²) in [5.74, 6) is -2.06. The van der Waals surface area contributed by atoms with Crippen LogP contribution < -0.4 is 11.3 Å². The van der Waals surface area contributed by atoms with Crippen LogP contribution in [0, 0.1) is 0 Å². The highest BCUT2D eigenvalue weighted by Crippen LogP contribution is 2.65. The van der Waals surface area contributed by atoms with Crippen molar-refractivity contribution in [2.75, 3.05) is 5.73 Å². The average molecular weight is 456 g/mol. The number of carbonyl (C=O) groups excluding carboxylic acids is 1. The van der Waals surface area contributed by atoms with Gasteiger partial charge in [-0.2, -0.15) is 19.7 Å². The van der Waals surface area contributed by atoms with Crippen molar-refractivity contribution >= 4 is 38.4 Å². The van der Waals surface area contributed by atoms with Crippen molar-refractivity contribution in [3.63, 3.8) is 0 Å². The molecule has 1 fully saturated rings. The number of carbonyl (C=O) groups is 1. The number of aromatic amines is 1. The Morgan fingerprint density at radius 1 is 1.31 bits per heavy atom. The van der Waals surface area contributed by atoms with E-state index in [1.807, 2.05) is 0 Å². The molecule has 0 radical (unpaired) electrons. The lowest BCUT2D eigenvalue weighted by Gasteiger charge is -2.21. The Kier molecular flexibility index (Phi) is 5.38. The van der Waals surface area contributed by atoms with Crippen molar-refractivity contribution in [2.45, 2.75) is 29.9 Å². The molecule has 0 saturated carbocycles. The zero-order valence-electron chi connectivity index (χ0n) is 14.0. The van der Waals surface area contributed by atoms with Crippen LogP contribution in [0.4, 0.5) is 5.95 Å². The Hall–Kier alpha value is -1.84. The van der Waals surface area contributed by atoms with Crippen LogP contribution in [0.5, 0.6) is 0 Å². The maximum Gasteiger partial charge on any atom is 0.427 e. The van der Waals surface area contributed by atoms with Gasteiger partial charge >= 0.3 is 20.9 Å². The Balaban J connectivity index is 2.00. The molecule has 3 rings (SSSR count). The fourth-order valence-electron chi connectivity index (χ4n) is 2.94. The molecule has 0 amide bonds. The highest BCUT2D eigenvalue weighted by molar-refractivity contribution is 7.76. The fourth-order valence-corrected chi connectivity index (χ4v) is 5.52. The summed E-state index contributed by atoms with van der Waals surface area (Å²) in [6.45, 7) is 0. The fraction of sp³-hybridized carbons (Fsp3) is 0.455. The highest BCUT2D eigenvalue weighted by Gasteiger charge is 2.64. The Bertz CT molecular complexity index is 1060. The van der Waals surface area contributed by atoms with Gasteiger partial charge in [0.2, 0.25) is 11.7 Å². The third-order valence-corrected chi connectivity index (χ3v) is 7.78. The van der Waals surface area contributed by atoms with Gasteiger partial charge in [0.25, 0.3) is 5.56 Å². The molecule has 0 aliphatic carbocycles. The number of nitrogens with zero attached hydrogens (tertiary/aromatic N) is 3. The van der Waals surface area contributed by atoms with E-state index in [4.69, 9.17) is 10.5 Å². The minimum absolute atomic E-state index is 0.199. The van der Waals surface area contributed by atoms with Crippen LogP contribution in [0.2, 0.25) is 0 Å². The summed E-state index contributed by atoms with van der Waals surface area (Å²) in [6, 6.07) is 0. The second-order valence-corrected chi connectivity index (χ2v) is 10.0. The Morgan fingerprint density at radius 2 is 1.93 bits per heavy atom. The number of Topliss-reactive ketones (excluding diaryl/α,β-unsaturated/α-hetero) is 1. The van der Waals surface area contributed by atoms with Crippen LogP contribution in [-0.4, -0.2) is 83.7 Å². The zero-order valence-corrected chi connectivity index (χ0v) is 15.8. The van der Waals surface area contributed by atoms with E-state index in [0.717, 1.165) is 10.9 Å². The van der Waals surface area contributed by atoms with E-state index >= 15 is 0 Å². The molecular formula is C11H16N5O11P2+. The van der Waals surface area contributed by atoms with Gasteiger partial charge in [0.15, 0.2) is 23.5 Å². The first-order valence-corrected chi connectivity index (χ1v) is 11.0. The Labute approximate surface area is 160 Å². The summed E-state index contributed by atoms with van der Waals surface area (Å²) in [4.78, 5) is 80.3. The number of H-pyrrole nitrogens is 1. The first kappa shape index (κ1) is 21.9. The van der Waals surface area contributed by atoms with E-state index in [1.165, 1.54) is 0 Å². The minimum atomic E-state index is -5.60. The van der Waals surface area contributed by atoms with Gasteiger partial charge < -0.3 is 30.5 Å². The topological polar surface area (TPSA) is 275 Å². The average Bonchev–Trinajstić information content (AvgIpc) is 3.07. The van der Waals surface area contributed by atoms with Crippen molar-refractivity contribution in [3.05, 3.63) is 16.7 Å². The third kappa shape index (κ3) is 3.83. The number of nitrogen functional groups attached to an aromatic ring is 1. The third-order valence-electron chi connectivity index (χ3n) is 4.14. The predicted molar refractivity (Wildman–Crippen MR) is 92.9 cm³/mol. The van der Waals surface area contributed by atoms with E-state index in [-0.39, 0.29) is 17.1 Å². The molecule has 0 aromatic carbocycles. The van der Waals surface area contributed by atoms with Gasteiger partial charge in [-0.25, -0.2) is 4.98 Å². The molecule has 0 bridgehead atoms. The molecular weight excluding hydrogens is 440 g/mol. The van der Waals surface area contributed by atoms with E-state index in [0.29, 0.717) is 0 Å². The second-order valence-electron chi connectivity index (χ2n) is 6.18. The summed E-state index contributed by atoms with van der Waals surface area (Å²) in [7, 11) is -11.0. The maximum atomic E-state index is 12.4. The van der Waals surface area contributed by atoms with E-state index in [1.54, 1.807) is 0 Å². The number of aliphatic hydroxyl groups is 2. The number of nitrogens with one attached hydrogen (secondary N) is 1. The number of aliphatic hydroxyl groups excluding tert-OH is 2. The molecule has 1 aliphatic rings. The van der Waals surface area contributed by atoms with Crippen LogP contribution in [-0.2, 0) is 14.1 Å². The smallest absolute Gasteiger partial charge is 0.387 e. The monoisotopic (exact) mass is 456 g/mol. The van der Waals surface area contributed by atoms with Gasteiger partial charge in [-0.05, 0) is 0 Å². The number of nitrogens with two attached hydrogens (primary N) is 1. The number of anilines is 1. The standard InChI is InChI=1S/C11H15N5O11P2/c12-11-14-7-2(8(20)15-11)13-1-16(7)9-4(18)3(17)6(27-9)5(19)10(28(21,22)23)29(24,25)26/h1,3-4,6,9-10,17-18,21-23H,(H4-,12,14,15,20,24,25,26)/p+1/t3?,4?,6-,9+,10?/m0/s1. The Morgan fingerprint density at radius 3 is 2.48 bits per heavy atom. The van der Waals surface area contributed by atoms with E-state index in [2.05, 4.69) is 15.0 Å². The molecule has 0 spiro atoms. The number of imidazole rings is 1. The molecule has 160 valence electrons. The summed E-state index contributed by atoms with van der Waals surface area (Å²) in [5.41, 5.74) is 4.29. The number of fused-ring (bicyclic) bond motifs is 1. The van der Waals surface area contributed by atoms with Crippen molar-refractivity contribution in [1.29, 1.82) is 0 Å². The molecule has 3 unspecified atom stereocenters. The van der Waals surface area contributed by atoms with Crippen LogP contribution in [0.3, 0.4) is 0 Å². The van der Waals surface area contributed by atoms with Crippen LogP contribution in [0.1, 0.15) is 6.23 Å². The maximum absolute atomic E-state index is 12.4. The largest absolute Gasteiger partial charge is 0.427 e. The predicted octanol–water partition coefficient (Wildman–Crippen LogP) is -3.87. The summed E-state index contributed by atoms with van der Waals surface area (Å²) in [5, 5.41) is 17.4. The van der Waals surface area contributed by atoms with Crippen LogP contribution in [0.25, 0.3) is 11.2 Å². The highest BCUT2D eigenvalue weighted by atomic mass is 31.3. The van der Waals surface area contributed by atoms with Crippen LogP contribution in [0.15, 0.2) is 11.1 Å². The van der Waals surface area contributed by atoms with Gasteiger partial charge in [-0.3, -0.25) is 23.7 Å². The van der Waals surface area contributed by atoms with E-state index < -0.39 is 56.8 Å². The van der Waals surface area contributed by atoms with Gasteiger partial charge in [0, 0.05) is 0 Å². The number of aromatic nitrogens is 4. The molecule has 5 atom stereocenters. The minimum Gasteiger partial charge on any atom is -0.387 e. The first-order chi connectivity index (χ1) is 13.2. The normalized spacial score (nSPS) is 26.7. The molecule has 3 heterocycles. The summed E-state index contributed by atoms with van der Waals surface area (Å²) < 4.78 is 17.6. The molecule has 16 nitrogen and oxygen atoms in total. The molecule has 2 aromatic heterocycles. The van der Waals surface area contributed by atoms with Gasteiger partial charge in [-0.15, -0.1) is 0 Å². The first-order valence-electron chi connectivity index (χ1n) is 7.63. The molecule has 1 saturated heterocycles. The lowest BCUT2D eigenvalue weighted by atomic mass is 10.1. The number of hydrogen-bond acceptors (Lipinski definition) is 12. The lowest BCUT2D eigenvalue weighted by molar-refractivity contribution is -0.134. The van der Waals surface area contributed by atoms with Crippen molar-refractivity contribution < 1.29 is 48.8 Å². The summed E-state index contributed by atoms with van der Waals surface area (Å²) in [6.07, 6.45) is -6.81. The summed E-state index contributed by atoms with van der Waals surface area (Å²) >= 11 is 0.